The molecule has 27 heavy (non-hydrogen) atoms. The molecule has 0 spiro atoms. The molecule has 0 aliphatic carbocycles. The van der Waals surface area contributed by atoms with Crippen LogP contribution in [0.2, 0.25) is 5.02 Å². The quantitative estimate of drug-likeness (QED) is 0.748. The van der Waals surface area contributed by atoms with Crippen molar-refractivity contribution in [2.45, 2.75) is 50.6 Å². The third kappa shape index (κ3) is 6.06. The number of hydrogen-bond donors (Lipinski definition) is 2. The van der Waals surface area contributed by atoms with Crippen LogP contribution in [0.15, 0.2) is 53.4 Å². The summed E-state index contributed by atoms with van der Waals surface area (Å²) < 4.78 is 27.3. The number of hydrogen-bond acceptors (Lipinski definition) is 3. The molecule has 1 unspecified atom stereocenters. The summed E-state index contributed by atoms with van der Waals surface area (Å²) in [6.07, 6.45) is 0.718. The van der Waals surface area contributed by atoms with Crippen molar-refractivity contribution < 1.29 is 13.2 Å². The predicted molar refractivity (Wildman–Crippen MR) is 108 cm³/mol. The Morgan fingerprint density at radius 1 is 1.04 bits per heavy atom. The summed E-state index contributed by atoms with van der Waals surface area (Å²) in [5, 5.41) is 3.61. The fourth-order valence-corrected chi connectivity index (χ4v) is 4.15. The highest BCUT2D eigenvalue weighted by atomic mass is 35.5. The number of carbonyl (C=O) groups excluding carboxylic acids is 1. The lowest BCUT2D eigenvalue weighted by atomic mass is 10.0. The van der Waals surface area contributed by atoms with Crippen LogP contribution in [0.3, 0.4) is 0 Å². The Hall–Kier alpha value is -1.89. The van der Waals surface area contributed by atoms with Gasteiger partial charge in [0.15, 0.2) is 0 Å². The van der Waals surface area contributed by atoms with Crippen LogP contribution in [-0.4, -0.2) is 19.9 Å². The second-order valence-corrected chi connectivity index (χ2v) is 9.48. The summed E-state index contributed by atoms with van der Waals surface area (Å²) in [6.45, 7) is 7.30. The number of rotatable bonds is 6. The minimum absolute atomic E-state index is 0.124. The van der Waals surface area contributed by atoms with Gasteiger partial charge in [0.25, 0.3) is 5.91 Å². The Morgan fingerprint density at radius 3 is 2.07 bits per heavy atom. The smallest absolute Gasteiger partial charge is 0.251 e. The van der Waals surface area contributed by atoms with Crippen molar-refractivity contribution in [1.82, 2.24) is 10.0 Å². The van der Waals surface area contributed by atoms with Crippen molar-refractivity contribution in [1.29, 1.82) is 0 Å². The van der Waals surface area contributed by atoms with Crippen molar-refractivity contribution in [3.05, 3.63) is 64.7 Å². The van der Waals surface area contributed by atoms with E-state index in [2.05, 4.69) is 10.0 Å². The van der Waals surface area contributed by atoms with Crippen molar-refractivity contribution in [2.75, 3.05) is 0 Å². The molecule has 0 bridgehead atoms. The van der Waals surface area contributed by atoms with Crippen LogP contribution in [0.4, 0.5) is 0 Å². The Bertz CT molecular complexity index is 886. The molecule has 5 nitrogen and oxygen atoms in total. The van der Waals surface area contributed by atoms with Gasteiger partial charge in [0, 0.05) is 16.1 Å². The maximum absolute atomic E-state index is 12.5. The van der Waals surface area contributed by atoms with Gasteiger partial charge in [-0.2, -0.15) is 0 Å². The Morgan fingerprint density at radius 2 is 1.59 bits per heavy atom. The monoisotopic (exact) mass is 408 g/mol. The minimum Gasteiger partial charge on any atom is -0.345 e. The van der Waals surface area contributed by atoms with Crippen LogP contribution >= 0.6 is 11.6 Å². The molecule has 2 aromatic rings. The molecule has 2 N–H and O–H groups in total. The molecule has 2 rings (SSSR count). The number of benzene rings is 2. The normalized spacial score (nSPS) is 13.2. The summed E-state index contributed by atoms with van der Waals surface area (Å²) in [7, 11) is -3.63. The largest absolute Gasteiger partial charge is 0.345 e. The summed E-state index contributed by atoms with van der Waals surface area (Å²) in [6, 6.07) is 13.1. The van der Waals surface area contributed by atoms with Crippen LogP contribution < -0.4 is 10.0 Å². The zero-order valence-corrected chi connectivity index (χ0v) is 17.5. The first-order chi connectivity index (χ1) is 12.5. The van der Waals surface area contributed by atoms with Crippen LogP contribution in [-0.2, 0) is 10.0 Å². The molecule has 0 saturated carbocycles. The molecule has 146 valence electrons. The van der Waals surface area contributed by atoms with Gasteiger partial charge in [0.2, 0.25) is 10.0 Å². The number of halogens is 1. The molecule has 2 aromatic carbocycles. The van der Waals surface area contributed by atoms with Crippen LogP contribution in [0.5, 0.6) is 0 Å². The zero-order chi connectivity index (χ0) is 20.2. The van der Waals surface area contributed by atoms with Crippen LogP contribution in [0.1, 0.15) is 56.1 Å². The fourth-order valence-electron chi connectivity index (χ4n) is 2.61. The summed E-state index contributed by atoms with van der Waals surface area (Å²) in [5.74, 6) is -0.260. The van der Waals surface area contributed by atoms with E-state index in [0.717, 1.165) is 12.0 Å². The lowest BCUT2D eigenvalue weighted by Gasteiger charge is -2.20. The first-order valence-electron chi connectivity index (χ1n) is 8.72. The van der Waals surface area contributed by atoms with Gasteiger partial charge in [-0.05, 0) is 69.2 Å². The highest BCUT2D eigenvalue weighted by Crippen LogP contribution is 2.20. The van der Waals surface area contributed by atoms with Gasteiger partial charge < -0.3 is 5.32 Å². The van der Waals surface area contributed by atoms with Gasteiger partial charge in [0.1, 0.15) is 0 Å². The molecule has 1 amide bonds. The van der Waals surface area contributed by atoms with E-state index in [1.165, 1.54) is 24.3 Å². The van der Waals surface area contributed by atoms with E-state index in [1.54, 1.807) is 32.9 Å². The van der Waals surface area contributed by atoms with Gasteiger partial charge in [-0.1, -0.05) is 30.7 Å². The molecular formula is C20H25ClN2O3S. The Labute approximate surface area is 166 Å². The molecule has 0 aliphatic heterocycles. The third-order valence-electron chi connectivity index (χ3n) is 3.85. The van der Waals surface area contributed by atoms with E-state index < -0.39 is 15.6 Å². The van der Waals surface area contributed by atoms with E-state index >= 15 is 0 Å². The lowest BCUT2D eigenvalue weighted by Crippen LogP contribution is -2.40. The molecule has 0 aromatic heterocycles. The number of nitrogens with one attached hydrogen (secondary N) is 2. The van der Waals surface area contributed by atoms with E-state index in [0.29, 0.717) is 10.6 Å². The number of sulfonamides is 1. The summed E-state index contributed by atoms with van der Waals surface area (Å²) in [4.78, 5) is 12.7. The highest BCUT2D eigenvalue weighted by Gasteiger charge is 2.22. The first-order valence-corrected chi connectivity index (χ1v) is 10.6. The number of amides is 1. The standard InChI is InChI=1S/C20H25ClN2O3S/c1-5-18(14-6-10-16(21)11-7-14)22-19(24)15-8-12-17(13-9-15)27(25,26)23-20(2,3)4/h6-13,18,23H,5H2,1-4H3,(H,22,24). The number of carbonyl (C=O) groups is 1. The lowest BCUT2D eigenvalue weighted by molar-refractivity contribution is 0.0935. The Kier molecular flexibility index (Phi) is 6.68. The van der Waals surface area contributed by atoms with Gasteiger partial charge in [-0.15, -0.1) is 0 Å². The summed E-state index contributed by atoms with van der Waals surface area (Å²) in [5.41, 5.74) is 0.780. The van der Waals surface area contributed by atoms with Crippen molar-refractivity contribution in [2.24, 2.45) is 0 Å². The van der Waals surface area contributed by atoms with E-state index in [-0.39, 0.29) is 16.8 Å². The SMILES string of the molecule is CCC(NC(=O)c1ccc(S(=O)(=O)NC(C)(C)C)cc1)c1ccc(Cl)cc1. The Balaban J connectivity index is 2.14. The molecular weight excluding hydrogens is 384 g/mol. The van der Waals surface area contributed by atoms with Crippen LogP contribution in [0.25, 0.3) is 0 Å². The average molecular weight is 409 g/mol. The molecule has 7 heteroatoms. The highest BCUT2D eigenvalue weighted by molar-refractivity contribution is 7.89. The first kappa shape index (κ1) is 21.4. The molecule has 0 heterocycles. The molecule has 1 atom stereocenters. The minimum atomic E-state index is -3.63. The molecule has 0 radical (unpaired) electrons. The van der Waals surface area contributed by atoms with Crippen molar-refractivity contribution in [3.8, 4) is 0 Å². The van der Waals surface area contributed by atoms with E-state index in [1.807, 2.05) is 19.1 Å². The van der Waals surface area contributed by atoms with Gasteiger partial charge >= 0.3 is 0 Å². The van der Waals surface area contributed by atoms with Crippen LogP contribution in [0, 0.1) is 0 Å². The third-order valence-corrected chi connectivity index (χ3v) is 5.88. The van der Waals surface area contributed by atoms with Gasteiger partial charge in [-0.3, -0.25) is 4.79 Å². The fraction of sp³-hybridized carbons (Fsp3) is 0.350. The van der Waals surface area contributed by atoms with Gasteiger partial charge in [0.05, 0.1) is 10.9 Å². The molecule has 0 aliphatic rings. The van der Waals surface area contributed by atoms with E-state index in [9.17, 15) is 13.2 Å². The second-order valence-electron chi connectivity index (χ2n) is 7.37. The predicted octanol–water partition coefficient (Wildman–Crippen LogP) is 4.30. The van der Waals surface area contributed by atoms with Crippen molar-refractivity contribution >= 4 is 27.5 Å². The van der Waals surface area contributed by atoms with E-state index in [4.69, 9.17) is 11.6 Å². The molecule has 0 saturated heterocycles. The molecule has 0 fully saturated rings. The maximum atomic E-state index is 12.5. The van der Waals surface area contributed by atoms with Crippen molar-refractivity contribution in [3.63, 3.8) is 0 Å². The van der Waals surface area contributed by atoms with Gasteiger partial charge in [-0.25, -0.2) is 13.1 Å². The average Bonchev–Trinajstić information content (AvgIpc) is 2.58. The zero-order valence-electron chi connectivity index (χ0n) is 15.9. The maximum Gasteiger partial charge on any atom is 0.251 e. The summed E-state index contributed by atoms with van der Waals surface area (Å²) >= 11 is 5.91. The second kappa shape index (κ2) is 8.42. The topological polar surface area (TPSA) is 75.3 Å².